The van der Waals surface area contributed by atoms with E-state index in [9.17, 15) is 9.18 Å². The van der Waals surface area contributed by atoms with Crippen molar-refractivity contribution in [2.75, 3.05) is 10.6 Å². The van der Waals surface area contributed by atoms with Crippen LogP contribution in [0.15, 0.2) is 60.9 Å². The van der Waals surface area contributed by atoms with E-state index >= 15 is 0 Å². The third kappa shape index (κ3) is 4.19. The van der Waals surface area contributed by atoms with Crippen molar-refractivity contribution in [3.63, 3.8) is 0 Å². The largest absolute Gasteiger partial charge is 0.364 e. The predicted octanol–water partition coefficient (Wildman–Crippen LogP) is 3.35. The number of anilines is 2. The van der Waals surface area contributed by atoms with Crippen molar-refractivity contribution in [1.29, 1.82) is 5.26 Å². The summed E-state index contributed by atoms with van der Waals surface area (Å²) >= 11 is 0. The quantitative estimate of drug-likeness (QED) is 0.738. The van der Waals surface area contributed by atoms with Crippen LogP contribution in [0.4, 0.5) is 15.9 Å². The minimum atomic E-state index is -0.388. The van der Waals surface area contributed by atoms with Gasteiger partial charge in [0.1, 0.15) is 11.9 Å². The van der Waals surface area contributed by atoms with Crippen LogP contribution in [0.3, 0.4) is 0 Å². The lowest BCUT2D eigenvalue weighted by Crippen LogP contribution is -2.12. The van der Waals surface area contributed by atoms with E-state index in [-0.39, 0.29) is 17.4 Å². The Labute approximate surface area is 149 Å². The van der Waals surface area contributed by atoms with Crippen molar-refractivity contribution >= 4 is 17.4 Å². The van der Waals surface area contributed by atoms with Crippen LogP contribution in [0.2, 0.25) is 0 Å². The fourth-order valence-corrected chi connectivity index (χ4v) is 2.25. The van der Waals surface area contributed by atoms with Crippen LogP contribution >= 0.6 is 0 Å². The molecule has 0 atom stereocenters. The van der Waals surface area contributed by atoms with Crippen LogP contribution in [0.25, 0.3) is 0 Å². The van der Waals surface area contributed by atoms with Gasteiger partial charge in [0.05, 0.1) is 0 Å². The molecule has 0 unspecified atom stereocenters. The summed E-state index contributed by atoms with van der Waals surface area (Å²) in [6.07, 6.45) is 2.97. The summed E-state index contributed by atoms with van der Waals surface area (Å²) in [6, 6.07) is 14.5. The Morgan fingerprint density at radius 1 is 1.04 bits per heavy atom. The number of carbonyl (C=O) groups is 1. The van der Waals surface area contributed by atoms with E-state index in [0.29, 0.717) is 23.6 Å². The molecule has 0 saturated heterocycles. The van der Waals surface area contributed by atoms with Gasteiger partial charge < -0.3 is 10.6 Å². The average Bonchev–Trinajstić information content (AvgIpc) is 2.68. The van der Waals surface area contributed by atoms with Gasteiger partial charge in [-0.15, -0.1) is 0 Å². The van der Waals surface area contributed by atoms with Crippen molar-refractivity contribution in [3.8, 4) is 6.07 Å². The number of aromatic nitrogens is 2. The van der Waals surface area contributed by atoms with Gasteiger partial charge in [0.25, 0.3) is 5.91 Å². The average molecular weight is 347 g/mol. The molecule has 0 fully saturated rings. The normalized spacial score (nSPS) is 10.0. The Morgan fingerprint density at radius 3 is 2.42 bits per heavy atom. The fourth-order valence-electron chi connectivity index (χ4n) is 2.25. The SMILES string of the molecule is N#Cc1nccnc1NCc1ccc(NC(=O)c2ccc(F)cc2)cc1. The first kappa shape index (κ1) is 17.0. The number of hydrogen-bond acceptors (Lipinski definition) is 5. The summed E-state index contributed by atoms with van der Waals surface area (Å²) in [5, 5.41) is 14.8. The van der Waals surface area contributed by atoms with Gasteiger partial charge in [-0.25, -0.2) is 14.4 Å². The van der Waals surface area contributed by atoms with Crippen LogP contribution in [-0.2, 0) is 6.54 Å². The highest BCUT2D eigenvalue weighted by atomic mass is 19.1. The second-order valence-electron chi connectivity index (χ2n) is 5.38. The predicted molar refractivity (Wildman–Crippen MR) is 94.9 cm³/mol. The molecule has 0 saturated carbocycles. The van der Waals surface area contributed by atoms with E-state index in [1.807, 2.05) is 18.2 Å². The molecule has 0 bridgehead atoms. The molecule has 7 heteroatoms. The van der Waals surface area contributed by atoms with Gasteiger partial charge in [-0.2, -0.15) is 5.26 Å². The number of rotatable bonds is 5. The summed E-state index contributed by atoms with van der Waals surface area (Å²) in [4.78, 5) is 20.1. The Bertz CT molecular complexity index is 949. The number of nitrogens with zero attached hydrogens (tertiary/aromatic N) is 3. The second-order valence-corrected chi connectivity index (χ2v) is 5.38. The maximum Gasteiger partial charge on any atom is 0.255 e. The number of hydrogen-bond donors (Lipinski definition) is 2. The first-order chi connectivity index (χ1) is 12.7. The van der Waals surface area contributed by atoms with Crippen LogP contribution in [0, 0.1) is 17.1 Å². The number of nitrogens with one attached hydrogen (secondary N) is 2. The van der Waals surface area contributed by atoms with E-state index in [1.54, 1.807) is 12.1 Å². The van der Waals surface area contributed by atoms with Crippen LogP contribution in [0.1, 0.15) is 21.6 Å². The van der Waals surface area contributed by atoms with Gasteiger partial charge in [-0.05, 0) is 42.0 Å². The minimum absolute atomic E-state index is 0.232. The summed E-state index contributed by atoms with van der Waals surface area (Å²) in [6.45, 7) is 0.458. The number of amides is 1. The molecule has 0 aliphatic carbocycles. The zero-order valence-electron chi connectivity index (χ0n) is 13.6. The molecule has 0 spiro atoms. The highest BCUT2D eigenvalue weighted by Gasteiger charge is 2.07. The molecular formula is C19H14FN5O. The number of halogens is 1. The van der Waals surface area contributed by atoms with Gasteiger partial charge in [0.15, 0.2) is 11.5 Å². The standard InChI is InChI=1S/C19H14FN5O/c20-15-5-3-14(4-6-15)19(26)25-16-7-1-13(2-8-16)12-24-18-17(11-21)22-9-10-23-18/h1-10H,12H2,(H,23,24)(H,25,26). The maximum atomic E-state index is 12.9. The van der Waals surface area contributed by atoms with Crippen molar-refractivity contribution in [2.24, 2.45) is 0 Å². The van der Waals surface area contributed by atoms with Crippen LogP contribution in [0.5, 0.6) is 0 Å². The molecule has 3 rings (SSSR count). The lowest BCUT2D eigenvalue weighted by atomic mass is 10.1. The van der Waals surface area contributed by atoms with Gasteiger partial charge >= 0.3 is 0 Å². The molecule has 128 valence electrons. The zero-order chi connectivity index (χ0) is 18.4. The molecule has 0 aliphatic heterocycles. The second kappa shape index (κ2) is 7.85. The van der Waals surface area contributed by atoms with Crippen LogP contribution < -0.4 is 10.6 Å². The Kier molecular flexibility index (Phi) is 5.15. The van der Waals surface area contributed by atoms with Crippen molar-refractivity contribution in [2.45, 2.75) is 6.54 Å². The summed E-state index contributed by atoms with van der Waals surface area (Å²) < 4.78 is 12.9. The highest BCUT2D eigenvalue weighted by Crippen LogP contribution is 2.14. The molecule has 1 heterocycles. The number of carbonyl (C=O) groups excluding carboxylic acids is 1. The maximum absolute atomic E-state index is 12.9. The summed E-state index contributed by atoms with van der Waals surface area (Å²) in [5.41, 5.74) is 2.18. The van der Waals surface area contributed by atoms with Gasteiger partial charge in [0, 0.05) is 30.2 Å². The molecule has 2 aromatic carbocycles. The number of benzene rings is 2. The lowest BCUT2D eigenvalue weighted by molar-refractivity contribution is 0.102. The Balaban J connectivity index is 1.61. The first-order valence-electron chi connectivity index (χ1n) is 7.76. The third-order valence-electron chi connectivity index (χ3n) is 3.58. The molecule has 1 aromatic heterocycles. The van der Waals surface area contributed by atoms with Gasteiger partial charge in [-0.1, -0.05) is 12.1 Å². The van der Waals surface area contributed by atoms with E-state index in [0.717, 1.165) is 5.56 Å². The zero-order valence-corrected chi connectivity index (χ0v) is 13.6. The van der Waals surface area contributed by atoms with Crippen molar-refractivity contribution < 1.29 is 9.18 Å². The minimum Gasteiger partial charge on any atom is -0.364 e. The monoisotopic (exact) mass is 347 g/mol. The van der Waals surface area contributed by atoms with Gasteiger partial charge in [0.2, 0.25) is 0 Å². The topological polar surface area (TPSA) is 90.7 Å². The van der Waals surface area contributed by atoms with Crippen molar-refractivity contribution in [3.05, 3.63) is 83.6 Å². The van der Waals surface area contributed by atoms with Crippen LogP contribution in [-0.4, -0.2) is 15.9 Å². The molecule has 0 radical (unpaired) electrons. The molecule has 2 N–H and O–H groups in total. The van der Waals surface area contributed by atoms with Gasteiger partial charge in [-0.3, -0.25) is 4.79 Å². The first-order valence-corrected chi connectivity index (χ1v) is 7.76. The smallest absolute Gasteiger partial charge is 0.255 e. The fraction of sp³-hybridized carbons (Fsp3) is 0.0526. The Hall–Kier alpha value is -3.79. The third-order valence-corrected chi connectivity index (χ3v) is 3.58. The van der Waals surface area contributed by atoms with Crippen molar-refractivity contribution in [1.82, 2.24) is 9.97 Å². The van der Waals surface area contributed by atoms with E-state index in [1.165, 1.54) is 36.7 Å². The summed E-state index contributed by atoms with van der Waals surface area (Å²) in [7, 11) is 0. The molecule has 3 aromatic rings. The van der Waals surface area contributed by atoms with E-state index in [2.05, 4.69) is 20.6 Å². The Morgan fingerprint density at radius 2 is 1.73 bits per heavy atom. The van der Waals surface area contributed by atoms with E-state index < -0.39 is 0 Å². The number of nitriles is 1. The molecule has 26 heavy (non-hydrogen) atoms. The lowest BCUT2D eigenvalue weighted by Gasteiger charge is -2.08. The van der Waals surface area contributed by atoms with E-state index in [4.69, 9.17) is 5.26 Å². The molecular weight excluding hydrogens is 333 g/mol. The summed E-state index contributed by atoms with van der Waals surface area (Å²) in [5.74, 6) is -0.279. The molecule has 0 aliphatic rings. The highest BCUT2D eigenvalue weighted by molar-refractivity contribution is 6.04. The molecule has 6 nitrogen and oxygen atoms in total. The molecule has 1 amide bonds.